The predicted molar refractivity (Wildman–Crippen MR) is 152 cm³/mol. The van der Waals surface area contributed by atoms with Crippen LogP contribution in [-0.2, 0) is 6.42 Å². The average molecular weight is 482 g/mol. The summed E-state index contributed by atoms with van der Waals surface area (Å²) in [5.41, 5.74) is 1.48. The van der Waals surface area contributed by atoms with Gasteiger partial charge in [0.05, 0.1) is 25.5 Å². The normalized spacial score (nSPS) is 20.3. The lowest BCUT2D eigenvalue weighted by Gasteiger charge is -2.28. The van der Waals surface area contributed by atoms with E-state index >= 15 is 0 Å². The van der Waals surface area contributed by atoms with Crippen LogP contribution in [0, 0.1) is 0 Å². The summed E-state index contributed by atoms with van der Waals surface area (Å²) in [6, 6.07) is 12.4. The molecule has 0 fully saturated rings. The Bertz CT molecular complexity index is 784. The summed E-state index contributed by atoms with van der Waals surface area (Å²) in [6.45, 7) is 15.1. The van der Waals surface area contributed by atoms with Crippen LogP contribution in [0.15, 0.2) is 35.3 Å². The van der Waals surface area contributed by atoms with Crippen LogP contribution in [0.2, 0.25) is 0 Å². The van der Waals surface area contributed by atoms with Crippen LogP contribution in [0.3, 0.4) is 0 Å². The average Bonchev–Trinajstić information content (AvgIpc) is 3.40. The number of rotatable bonds is 17. The molecule has 35 heavy (non-hydrogen) atoms. The van der Waals surface area contributed by atoms with Crippen LogP contribution in [0.4, 0.5) is 0 Å². The van der Waals surface area contributed by atoms with E-state index in [1.165, 1.54) is 108 Å². The zero-order valence-corrected chi connectivity index (χ0v) is 23.4. The van der Waals surface area contributed by atoms with E-state index in [9.17, 15) is 0 Å². The minimum atomic E-state index is 0.620. The first-order valence-electron chi connectivity index (χ1n) is 14.9. The molecule has 0 spiro atoms. The molecule has 0 bridgehead atoms. The maximum atomic E-state index is 4.94. The van der Waals surface area contributed by atoms with Crippen molar-refractivity contribution in [3.63, 3.8) is 0 Å². The molecule has 0 saturated heterocycles. The van der Waals surface area contributed by atoms with Crippen molar-refractivity contribution in [1.82, 2.24) is 9.80 Å². The topological polar surface area (TPSA) is 21.9 Å². The second kappa shape index (κ2) is 15.3. The summed E-state index contributed by atoms with van der Waals surface area (Å²) in [4.78, 5) is 10.4. The van der Waals surface area contributed by atoms with Crippen molar-refractivity contribution in [2.24, 2.45) is 4.99 Å². The van der Waals surface area contributed by atoms with Gasteiger partial charge in [-0.05, 0) is 50.5 Å². The van der Waals surface area contributed by atoms with Crippen molar-refractivity contribution in [1.29, 1.82) is 0 Å². The van der Waals surface area contributed by atoms with Gasteiger partial charge in [-0.2, -0.15) is 0 Å². The third-order valence-corrected chi connectivity index (χ3v) is 7.81. The molecular weight excluding hydrogens is 428 g/mol. The smallest absolute Gasteiger partial charge is 0.247 e. The molecule has 4 heteroatoms. The standard InChI is InChI=1S/C31H53N4/c1-5-9-22-34-28(25-32-30(34)16-7-3)20-14-15-21-33-26-29(24-27-18-12-11-13-19-27)35(23-10-6-2)31(33)17-8-4/h11-13,18-19,28-29H,5-10,14-17,20-26H2,1-4H3/q+1/t28-,29-/m0/s1. The van der Waals surface area contributed by atoms with Crippen LogP contribution in [0.5, 0.6) is 0 Å². The highest BCUT2D eigenvalue weighted by atomic mass is 15.3. The zero-order valence-electron chi connectivity index (χ0n) is 23.4. The lowest BCUT2D eigenvalue weighted by Crippen LogP contribution is -2.38. The molecule has 0 aromatic heterocycles. The third kappa shape index (κ3) is 8.08. The monoisotopic (exact) mass is 481 g/mol. The van der Waals surface area contributed by atoms with Crippen molar-refractivity contribution in [2.75, 3.05) is 32.7 Å². The van der Waals surface area contributed by atoms with Gasteiger partial charge >= 0.3 is 0 Å². The van der Waals surface area contributed by atoms with Gasteiger partial charge in [-0.1, -0.05) is 70.9 Å². The van der Waals surface area contributed by atoms with E-state index in [-0.39, 0.29) is 0 Å². The summed E-state index contributed by atoms with van der Waals surface area (Å²) >= 11 is 0. The molecule has 1 aromatic rings. The van der Waals surface area contributed by atoms with E-state index in [0.29, 0.717) is 12.1 Å². The molecule has 2 heterocycles. The van der Waals surface area contributed by atoms with E-state index < -0.39 is 0 Å². The minimum Gasteiger partial charge on any atom is -0.356 e. The lowest BCUT2D eigenvalue weighted by molar-refractivity contribution is -0.523. The number of unbranched alkanes of at least 4 members (excludes halogenated alkanes) is 3. The maximum absolute atomic E-state index is 4.94. The van der Waals surface area contributed by atoms with Gasteiger partial charge in [-0.3, -0.25) is 14.5 Å². The summed E-state index contributed by atoms with van der Waals surface area (Å²) in [6.07, 6.45) is 15.0. The highest BCUT2D eigenvalue weighted by molar-refractivity contribution is 5.84. The van der Waals surface area contributed by atoms with Crippen LogP contribution in [0.25, 0.3) is 0 Å². The van der Waals surface area contributed by atoms with Crippen LogP contribution >= 0.6 is 0 Å². The Morgan fingerprint density at radius 1 is 0.800 bits per heavy atom. The summed E-state index contributed by atoms with van der Waals surface area (Å²) in [7, 11) is 0. The Hall–Kier alpha value is -1.84. The fraction of sp³-hybridized carbons (Fsp3) is 0.742. The number of hydrogen-bond acceptors (Lipinski definition) is 3. The predicted octanol–water partition coefficient (Wildman–Crippen LogP) is 6.78. The second-order valence-electron chi connectivity index (χ2n) is 10.7. The molecule has 2 aliphatic heterocycles. The highest BCUT2D eigenvalue weighted by Crippen LogP contribution is 2.22. The maximum Gasteiger partial charge on any atom is 0.247 e. The molecule has 0 radical (unpaired) electrons. The van der Waals surface area contributed by atoms with Gasteiger partial charge < -0.3 is 4.90 Å². The summed E-state index contributed by atoms with van der Waals surface area (Å²) in [5, 5.41) is 0. The Balaban J connectivity index is 1.57. The number of aliphatic imine (C=N–C) groups is 1. The third-order valence-electron chi connectivity index (χ3n) is 7.81. The van der Waals surface area contributed by atoms with E-state index in [1.54, 1.807) is 5.84 Å². The molecule has 3 rings (SSSR count). The fourth-order valence-electron chi connectivity index (χ4n) is 5.92. The Kier molecular flexibility index (Phi) is 12.1. The first kappa shape index (κ1) is 27.7. The van der Waals surface area contributed by atoms with Crippen molar-refractivity contribution in [3.05, 3.63) is 35.9 Å². The first-order chi connectivity index (χ1) is 17.2. The van der Waals surface area contributed by atoms with E-state index in [0.717, 1.165) is 13.0 Å². The second-order valence-corrected chi connectivity index (χ2v) is 10.7. The quantitative estimate of drug-likeness (QED) is 0.181. The Labute approximate surface area is 216 Å². The largest absolute Gasteiger partial charge is 0.356 e. The molecule has 1 aromatic carbocycles. The molecule has 0 N–H and O–H groups in total. The molecule has 0 unspecified atom stereocenters. The van der Waals surface area contributed by atoms with Crippen LogP contribution in [-0.4, -0.2) is 70.9 Å². The van der Waals surface area contributed by atoms with Gasteiger partial charge in [0.15, 0.2) is 0 Å². The molecule has 0 amide bonds. The van der Waals surface area contributed by atoms with Gasteiger partial charge in [0.25, 0.3) is 0 Å². The highest BCUT2D eigenvalue weighted by Gasteiger charge is 2.38. The number of nitrogens with zero attached hydrogens (tertiary/aromatic N) is 4. The van der Waals surface area contributed by atoms with Crippen molar-refractivity contribution >= 4 is 11.7 Å². The molecule has 4 nitrogen and oxygen atoms in total. The van der Waals surface area contributed by atoms with Crippen molar-refractivity contribution in [2.45, 2.75) is 117 Å². The van der Waals surface area contributed by atoms with Gasteiger partial charge in [0.1, 0.15) is 12.6 Å². The van der Waals surface area contributed by atoms with E-state index in [2.05, 4.69) is 72.4 Å². The number of hydrogen-bond donors (Lipinski definition) is 0. The molecule has 196 valence electrons. The van der Waals surface area contributed by atoms with E-state index in [1.807, 2.05) is 0 Å². The first-order valence-corrected chi connectivity index (χ1v) is 14.9. The van der Waals surface area contributed by atoms with Gasteiger partial charge in [-0.25, -0.2) is 0 Å². The van der Waals surface area contributed by atoms with E-state index in [4.69, 9.17) is 4.99 Å². The molecule has 2 atom stereocenters. The molecule has 0 saturated carbocycles. The van der Waals surface area contributed by atoms with Gasteiger partial charge in [0, 0.05) is 31.8 Å². The van der Waals surface area contributed by atoms with Crippen molar-refractivity contribution < 1.29 is 4.58 Å². The van der Waals surface area contributed by atoms with Crippen molar-refractivity contribution in [3.8, 4) is 0 Å². The number of amidine groups is 2. The molecule has 2 aliphatic rings. The Morgan fingerprint density at radius 2 is 1.51 bits per heavy atom. The molecular formula is C31H53N4+. The molecule has 0 aliphatic carbocycles. The summed E-state index contributed by atoms with van der Waals surface area (Å²) in [5.74, 6) is 3.01. The van der Waals surface area contributed by atoms with Gasteiger partial charge in [-0.15, -0.1) is 0 Å². The fourth-order valence-corrected chi connectivity index (χ4v) is 5.92. The SMILES string of the molecule is CCCCN1C(CCC)=NC[C@@H]1CCCC[N+]1=C(CCC)N(CCCC)[C@@H](Cc2ccccc2)C1. The van der Waals surface area contributed by atoms with Crippen LogP contribution < -0.4 is 0 Å². The van der Waals surface area contributed by atoms with Crippen LogP contribution in [0.1, 0.15) is 104 Å². The zero-order chi connectivity index (χ0) is 24.9. The van der Waals surface area contributed by atoms with Gasteiger partial charge in [0.2, 0.25) is 5.84 Å². The summed E-state index contributed by atoms with van der Waals surface area (Å²) < 4.78 is 2.76. The Morgan fingerprint density at radius 3 is 2.20 bits per heavy atom. The lowest BCUT2D eigenvalue weighted by atomic mass is 10.0. The minimum absolute atomic E-state index is 0.620. The number of benzene rings is 1.